The van der Waals surface area contributed by atoms with Crippen molar-refractivity contribution < 1.29 is 9.15 Å². The molecule has 0 unspecified atom stereocenters. The molecule has 5 nitrogen and oxygen atoms in total. The third-order valence-electron chi connectivity index (χ3n) is 5.61. The molecule has 0 aliphatic carbocycles. The second-order valence-corrected chi connectivity index (χ2v) is 7.89. The summed E-state index contributed by atoms with van der Waals surface area (Å²) in [5.74, 6) is 0.931. The van der Waals surface area contributed by atoms with E-state index in [1.54, 1.807) is 6.07 Å². The van der Waals surface area contributed by atoms with Crippen LogP contribution in [-0.4, -0.2) is 31.1 Å². The molecule has 0 saturated carbocycles. The first-order valence-electron chi connectivity index (χ1n) is 10.4. The lowest BCUT2D eigenvalue weighted by Gasteiger charge is -2.35. The number of piperazine rings is 1. The van der Waals surface area contributed by atoms with Gasteiger partial charge in [-0.25, -0.2) is 0 Å². The number of aryl methyl sites for hydroxylation is 2. The Bertz CT molecular complexity index is 1040. The van der Waals surface area contributed by atoms with Crippen LogP contribution >= 0.6 is 0 Å². The lowest BCUT2D eigenvalue weighted by atomic mass is 10.1. The summed E-state index contributed by atoms with van der Waals surface area (Å²) in [5, 5.41) is 0. The highest BCUT2D eigenvalue weighted by Crippen LogP contribution is 2.18. The molecular weight excluding hydrogens is 376 g/mol. The highest BCUT2D eigenvalue weighted by atomic mass is 16.5. The van der Waals surface area contributed by atoms with Crippen molar-refractivity contribution in [1.29, 1.82) is 0 Å². The molecule has 3 aromatic rings. The molecular formula is C25H28N2O3. The predicted molar refractivity (Wildman–Crippen MR) is 119 cm³/mol. The molecule has 156 valence electrons. The molecule has 1 aliphatic heterocycles. The van der Waals surface area contributed by atoms with E-state index >= 15 is 0 Å². The smallest absolute Gasteiger partial charge is 0.227 e. The fourth-order valence-electron chi connectivity index (χ4n) is 3.76. The monoisotopic (exact) mass is 404 g/mol. The highest BCUT2D eigenvalue weighted by Gasteiger charge is 2.18. The van der Waals surface area contributed by atoms with Gasteiger partial charge in [0.2, 0.25) is 11.2 Å². The third kappa shape index (κ3) is 4.92. The Kier molecular flexibility index (Phi) is 6.19. The van der Waals surface area contributed by atoms with Gasteiger partial charge in [-0.1, -0.05) is 42.0 Å². The van der Waals surface area contributed by atoms with Crippen LogP contribution in [0.3, 0.4) is 0 Å². The number of hydrogen-bond donors (Lipinski definition) is 0. The summed E-state index contributed by atoms with van der Waals surface area (Å²) in [6, 6.07) is 18.2. The van der Waals surface area contributed by atoms with Gasteiger partial charge in [-0.15, -0.1) is 0 Å². The lowest BCUT2D eigenvalue weighted by Crippen LogP contribution is -2.46. The molecule has 1 aromatic heterocycles. The van der Waals surface area contributed by atoms with Crippen molar-refractivity contribution >= 4 is 5.69 Å². The number of nitrogens with zero attached hydrogens (tertiary/aromatic N) is 2. The number of ether oxygens (including phenoxy) is 1. The van der Waals surface area contributed by atoms with Crippen molar-refractivity contribution in [2.24, 2.45) is 0 Å². The van der Waals surface area contributed by atoms with Crippen LogP contribution < -0.4 is 15.1 Å². The number of hydrogen-bond acceptors (Lipinski definition) is 5. The molecule has 0 radical (unpaired) electrons. The maximum Gasteiger partial charge on any atom is 0.227 e. The van der Waals surface area contributed by atoms with Gasteiger partial charge in [0, 0.05) is 37.9 Å². The van der Waals surface area contributed by atoms with Crippen molar-refractivity contribution in [3.05, 3.63) is 93.5 Å². The zero-order valence-electron chi connectivity index (χ0n) is 17.6. The van der Waals surface area contributed by atoms with Crippen LogP contribution in [0.25, 0.3) is 0 Å². The molecule has 5 heteroatoms. The molecule has 0 atom stereocenters. The van der Waals surface area contributed by atoms with E-state index in [1.807, 2.05) is 19.9 Å². The summed E-state index contributed by atoms with van der Waals surface area (Å²) in [4.78, 5) is 17.2. The second-order valence-electron chi connectivity index (χ2n) is 7.89. The SMILES string of the molecule is Cc1ccc(C)c(COc2coc(CN3CCN(c4ccccc4)CC3)cc2=O)c1. The summed E-state index contributed by atoms with van der Waals surface area (Å²) in [7, 11) is 0. The fraction of sp³-hybridized carbons (Fsp3) is 0.320. The van der Waals surface area contributed by atoms with Crippen LogP contribution in [0.1, 0.15) is 22.5 Å². The number of rotatable bonds is 6. The van der Waals surface area contributed by atoms with Crippen molar-refractivity contribution in [2.45, 2.75) is 27.0 Å². The molecule has 30 heavy (non-hydrogen) atoms. The van der Waals surface area contributed by atoms with E-state index in [1.165, 1.54) is 17.5 Å². The topological polar surface area (TPSA) is 45.9 Å². The molecule has 4 rings (SSSR count). The van der Waals surface area contributed by atoms with Gasteiger partial charge in [-0.2, -0.15) is 0 Å². The van der Waals surface area contributed by atoms with E-state index in [2.05, 4.69) is 52.3 Å². The third-order valence-corrected chi connectivity index (χ3v) is 5.61. The van der Waals surface area contributed by atoms with Crippen LogP contribution in [0.5, 0.6) is 5.75 Å². The minimum absolute atomic E-state index is 0.135. The molecule has 0 bridgehead atoms. The Balaban J connectivity index is 1.32. The van der Waals surface area contributed by atoms with Gasteiger partial charge >= 0.3 is 0 Å². The zero-order valence-corrected chi connectivity index (χ0v) is 17.6. The number of para-hydroxylation sites is 1. The van der Waals surface area contributed by atoms with Gasteiger partial charge in [0.15, 0.2) is 0 Å². The minimum atomic E-state index is -0.135. The molecule has 1 saturated heterocycles. The molecule has 0 amide bonds. The number of benzene rings is 2. The average molecular weight is 405 g/mol. The van der Waals surface area contributed by atoms with Gasteiger partial charge in [-0.05, 0) is 37.1 Å². The Morgan fingerprint density at radius 1 is 0.967 bits per heavy atom. The van der Waals surface area contributed by atoms with Crippen LogP contribution in [0.2, 0.25) is 0 Å². The van der Waals surface area contributed by atoms with Gasteiger partial charge in [0.05, 0.1) is 6.54 Å². The van der Waals surface area contributed by atoms with E-state index in [9.17, 15) is 4.79 Å². The second kappa shape index (κ2) is 9.18. The van der Waals surface area contributed by atoms with Gasteiger partial charge in [0.25, 0.3) is 0 Å². The molecule has 2 heterocycles. The van der Waals surface area contributed by atoms with Gasteiger partial charge in [0.1, 0.15) is 18.6 Å². The summed E-state index contributed by atoms with van der Waals surface area (Å²) >= 11 is 0. The van der Waals surface area contributed by atoms with Crippen molar-refractivity contribution in [3.8, 4) is 5.75 Å². The molecule has 1 fully saturated rings. The van der Waals surface area contributed by atoms with Crippen LogP contribution in [0.4, 0.5) is 5.69 Å². The highest BCUT2D eigenvalue weighted by molar-refractivity contribution is 5.46. The van der Waals surface area contributed by atoms with E-state index in [0.717, 1.165) is 37.3 Å². The molecule has 0 spiro atoms. The van der Waals surface area contributed by atoms with E-state index < -0.39 is 0 Å². The van der Waals surface area contributed by atoms with Crippen molar-refractivity contribution in [1.82, 2.24) is 4.90 Å². The average Bonchev–Trinajstić information content (AvgIpc) is 2.76. The van der Waals surface area contributed by atoms with Gasteiger partial charge < -0.3 is 14.1 Å². The summed E-state index contributed by atoms with van der Waals surface area (Å²) in [5.41, 5.74) is 4.53. The molecule has 1 aliphatic rings. The quantitative estimate of drug-likeness (QED) is 0.617. The zero-order chi connectivity index (χ0) is 20.9. The predicted octanol–water partition coefficient (Wildman–Crippen LogP) is 4.16. The van der Waals surface area contributed by atoms with Gasteiger partial charge in [-0.3, -0.25) is 9.69 Å². The van der Waals surface area contributed by atoms with E-state index in [0.29, 0.717) is 18.9 Å². The fourth-order valence-corrected chi connectivity index (χ4v) is 3.76. The Labute approximate surface area is 177 Å². The van der Waals surface area contributed by atoms with Crippen LogP contribution in [0.15, 0.2) is 70.1 Å². The Morgan fingerprint density at radius 2 is 1.73 bits per heavy atom. The van der Waals surface area contributed by atoms with Crippen LogP contribution in [0, 0.1) is 13.8 Å². The minimum Gasteiger partial charge on any atom is -0.482 e. The Hall–Kier alpha value is -3.05. The summed E-state index contributed by atoms with van der Waals surface area (Å²) in [6.45, 7) is 8.88. The van der Waals surface area contributed by atoms with Crippen molar-refractivity contribution in [2.75, 3.05) is 31.1 Å². The van der Waals surface area contributed by atoms with E-state index in [-0.39, 0.29) is 11.2 Å². The lowest BCUT2D eigenvalue weighted by molar-refractivity contribution is 0.224. The van der Waals surface area contributed by atoms with Crippen LogP contribution in [-0.2, 0) is 13.2 Å². The summed E-state index contributed by atoms with van der Waals surface area (Å²) in [6.07, 6.45) is 1.45. The largest absolute Gasteiger partial charge is 0.482 e. The molecule has 0 N–H and O–H groups in total. The Morgan fingerprint density at radius 3 is 2.47 bits per heavy atom. The standard InChI is InChI=1S/C25H28N2O3/c1-19-8-9-20(2)21(14-19)17-30-25-18-29-23(15-24(25)28)16-26-10-12-27(13-11-26)22-6-4-3-5-7-22/h3-9,14-15,18H,10-13,16-17H2,1-2H3. The maximum atomic E-state index is 12.5. The normalized spacial score (nSPS) is 14.7. The number of anilines is 1. The molecule has 2 aromatic carbocycles. The maximum absolute atomic E-state index is 12.5. The summed E-state index contributed by atoms with van der Waals surface area (Å²) < 4.78 is 11.5. The van der Waals surface area contributed by atoms with E-state index in [4.69, 9.17) is 9.15 Å². The first kappa shape index (κ1) is 20.2. The first-order valence-corrected chi connectivity index (χ1v) is 10.4. The first-order chi connectivity index (χ1) is 14.6. The van der Waals surface area contributed by atoms with Crippen molar-refractivity contribution in [3.63, 3.8) is 0 Å².